The van der Waals surface area contributed by atoms with Gasteiger partial charge in [-0.1, -0.05) is 41.9 Å². The van der Waals surface area contributed by atoms with Crippen LogP contribution in [0.1, 0.15) is 28.8 Å². The van der Waals surface area contributed by atoms with Gasteiger partial charge in [-0.05, 0) is 55.3 Å². The van der Waals surface area contributed by atoms with E-state index >= 15 is 0 Å². The Balaban J connectivity index is 1.27. The lowest BCUT2D eigenvalue weighted by atomic mass is 9.84. The molecule has 180 valence electrons. The molecule has 1 aliphatic rings. The van der Waals surface area contributed by atoms with E-state index in [1.807, 2.05) is 18.2 Å². The molecule has 9 heteroatoms. The third kappa shape index (κ3) is 4.52. The Bertz CT molecular complexity index is 1490. The summed E-state index contributed by atoms with van der Waals surface area (Å²) in [4.78, 5) is 14.7. The predicted octanol–water partition coefficient (Wildman–Crippen LogP) is 5.01. The quantitative estimate of drug-likeness (QED) is 0.393. The summed E-state index contributed by atoms with van der Waals surface area (Å²) >= 11 is 6.27. The van der Waals surface area contributed by atoms with Gasteiger partial charge in [0, 0.05) is 40.3 Å². The molecular weight excluding hydrogens is 488 g/mol. The average Bonchev–Trinajstić information content (AvgIpc) is 3.33. The number of anilines is 1. The Hall–Kier alpha value is -3.33. The van der Waals surface area contributed by atoms with Gasteiger partial charge in [0.05, 0.1) is 11.9 Å². The van der Waals surface area contributed by atoms with E-state index in [4.69, 9.17) is 16.0 Å². The van der Waals surface area contributed by atoms with Crippen molar-refractivity contribution < 1.29 is 22.7 Å². The zero-order valence-corrected chi connectivity index (χ0v) is 20.2. The highest BCUT2D eigenvalue weighted by Crippen LogP contribution is 2.37. The Kier molecular flexibility index (Phi) is 6.04. The summed E-state index contributed by atoms with van der Waals surface area (Å²) in [5.41, 5.74) is 0.652. The van der Waals surface area contributed by atoms with Gasteiger partial charge in [0.2, 0.25) is 0 Å². The second-order valence-electron chi connectivity index (χ2n) is 8.58. The van der Waals surface area contributed by atoms with Crippen LogP contribution >= 0.6 is 11.6 Å². The molecule has 7 nitrogen and oxygen atoms in total. The lowest BCUT2D eigenvalue weighted by Gasteiger charge is -2.39. The van der Waals surface area contributed by atoms with Crippen LogP contribution in [0.4, 0.5) is 5.69 Å². The minimum atomic E-state index is -3.88. The molecule has 4 aromatic rings. The lowest BCUT2D eigenvalue weighted by Crippen LogP contribution is -2.45. The van der Waals surface area contributed by atoms with E-state index in [2.05, 4.69) is 4.72 Å². The first-order valence-electron chi connectivity index (χ1n) is 11.1. The van der Waals surface area contributed by atoms with Gasteiger partial charge >= 0.3 is 0 Å². The molecule has 3 aromatic carbocycles. The van der Waals surface area contributed by atoms with Crippen LogP contribution in [-0.4, -0.2) is 37.4 Å². The van der Waals surface area contributed by atoms with Crippen molar-refractivity contribution in [3.63, 3.8) is 0 Å². The van der Waals surface area contributed by atoms with Crippen molar-refractivity contribution in [3.05, 3.63) is 95.2 Å². The number of sulfonamides is 1. The summed E-state index contributed by atoms with van der Waals surface area (Å²) in [6.07, 6.45) is 2.19. The van der Waals surface area contributed by atoms with Gasteiger partial charge < -0.3 is 14.4 Å². The van der Waals surface area contributed by atoms with E-state index in [1.165, 1.54) is 12.3 Å². The van der Waals surface area contributed by atoms with Gasteiger partial charge in [-0.3, -0.25) is 9.52 Å². The average molecular weight is 511 g/mol. The maximum atomic E-state index is 13.0. The van der Waals surface area contributed by atoms with Crippen molar-refractivity contribution in [2.45, 2.75) is 23.3 Å². The molecule has 0 radical (unpaired) electrons. The number of para-hydroxylation sites is 1. The first-order chi connectivity index (χ1) is 16.8. The number of hydrogen-bond donors (Lipinski definition) is 2. The number of aliphatic hydroxyl groups is 1. The molecule has 0 saturated carbocycles. The number of halogens is 1. The molecule has 5 rings (SSSR count). The molecule has 1 fully saturated rings. The Morgan fingerprint density at radius 3 is 2.40 bits per heavy atom. The molecule has 35 heavy (non-hydrogen) atoms. The number of carbonyl (C=O) groups excluding carboxylic acids is 1. The van der Waals surface area contributed by atoms with Crippen molar-refractivity contribution in [3.8, 4) is 0 Å². The number of nitrogens with zero attached hydrogens (tertiary/aromatic N) is 1. The highest BCUT2D eigenvalue weighted by atomic mass is 35.5. The molecule has 2 heterocycles. The topological polar surface area (TPSA) is 99.8 Å². The van der Waals surface area contributed by atoms with Crippen molar-refractivity contribution in [1.82, 2.24) is 4.90 Å². The van der Waals surface area contributed by atoms with Crippen molar-refractivity contribution in [2.24, 2.45) is 0 Å². The third-order valence-corrected chi connectivity index (χ3v) is 8.10. The largest absolute Gasteiger partial charge is 0.463 e. The normalized spacial score (nSPS) is 15.8. The van der Waals surface area contributed by atoms with Crippen molar-refractivity contribution in [1.29, 1.82) is 0 Å². The first-order valence-corrected chi connectivity index (χ1v) is 13.0. The number of piperidine rings is 1. The molecule has 0 unspecified atom stereocenters. The molecular formula is C26H23ClN2O5S. The Morgan fingerprint density at radius 1 is 0.971 bits per heavy atom. The summed E-state index contributed by atoms with van der Waals surface area (Å²) in [6.45, 7) is 0.754. The van der Waals surface area contributed by atoms with Gasteiger partial charge in [-0.25, -0.2) is 8.42 Å². The standard InChI is InChI=1S/C26H23ClN2O5S/c27-22-6-2-1-5-21(22)26(31)13-15-29(16-14-26)25(30)19-8-10-20(11-9-19)28-35(32,33)23-7-3-4-18-12-17-34-24(18)23/h1-12,17,28,31H,13-16H2. The third-order valence-electron chi connectivity index (χ3n) is 6.37. The summed E-state index contributed by atoms with van der Waals surface area (Å²) in [6, 6.07) is 20.1. The van der Waals surface area contributed by atoms with Gasteiger partial charge in [0.15, 0.2) is 5.58 Å². The molecule has 1 aromatic heterocycles. The maximum Gasteiger partial charge on any atom is 0.265 e. The van der Waals surface area contributed by atoms with Crippen LogP contribution in [0.3, 0.4) is 0 Å². The monoisotopic (exact) mass is 510 g/mol. The number of furan rings is 1. The molecule has 2 N–H and O–H groups in total. The minimum Gasteiger partial charge on any atom is -0.463 e. The number of amides is 1. The molecule has 0 bridgehead atoms. The second-order valence-corrected chi connectivity index (χ2v) is 10.6. The van der Waals surface area contributed by atoms with Gasteiger partial charge in [0.25, 0.3) is 15.9 Å². The summed E-state index contributed by atoms with van der Waals surface area (Å²) in [7, 11) is -3.88. The highest BCUT2D eigenvalue weighted by molar-refractivity contribution is 7.93. The number of rotatable bonds is 5. The number of hydrogen-bond acceptors (Lipinski definition) is 5. The highest BCUT2D eigenvalue weighted by Gasteiger charge is 2.37. The van der Waals surface area contributed by atoms with Crippen LogP contribution < -0.4 is 4.72 Å². The summed E-state index contributed by atoms with van der Waals surface area (Å²) in [5, 5.41) is 12.3. The molecule has 0 spiro atoms. The van der Waals surface area contributed by atoms with Crippen molar-refractivity contribution >= 4 is 44.2 Å². The van der Waals surface area contributed by atoms with E-state index in [9.17, 15) is 18.3 Å². The molecule has 1 aliphatic heterocycles. The van der Waals surface area contributed by atoms with Crippen LogP contribution in [0.15, 0.2) is 88.4 Å². The molecule has 0 aliphatic carbocycles. The van der Waals surface area contributed by atoms with Gasteiger partial charge in [-0.2, -0.15) is 0 Å². The second kappa shape index (κ2) is 9.03. The van der Waals surface area contributed by atoms with E-state index in [1.54, 1.807) is 53.4 Å². The van der Waals surface area contributed by atoms with Crippen LogP contribution in [-0.2, 0) is 15.6 Å². The van der Waals surface area contributed by atoms with Gasteiger partial charge in [0.1, 0.15) is 4.90 Å². The van der Waals surface area contributed by atoms with Crippen LogP contribution in [0.5, 0.6) is 0 Å². The lowest BCUT2D eigenvalue weighted by molar-refractivity contribution is -0.0210. The van der Waals surface area contributed by atoms with Crippen molar-refractivity contribution in [2.75, 3.05) is 17.8 Å². The van der Waals surface area contributed by atoms with Crippen LogP contribution in [0, 0.1) is 0 Å². The first kappa shape index (κ1) is 23.4. The Labute approximate surface area is 208 Å². The summed E-state index contributed by atoms with van der Waals surface area (Å²) in [5.74, 6) is -0.180. The maximum absolute atomic E-state index is 13.0. The van der Waals surface area contributed by atoms with Crippen LogP contribution in [0.2, 0.25) is 5.02 Å². The predicted molar refractivity (Wildman–Crippen MR) is 134 cm³/mol. The summed E-state index contributed by atoms with van der Waals surface area (Å²) < 4.78 is 33.7. The number of nitrogens with one attached hydrogen (secondary N) is 1. The van der Waals surface area contributed by atoms with Crippen LogP contribution in [0.25, 0.3) is 11.0 Å². The fourth-order valence-corrected chi connectivity index (χ4v) is 5.97. The van der Waals surface area contributed by atoms with E-state index in [0.29, 0.717) is 53.2 Å². The minimum absolute atomic E-state index is 0.0412. The SMILES string of the molecule is O=C(c1ccc(NS(=O)(=O)c2cccc3ccoc23)cc1)N1CCC(O)(c2ccccc2Cl)CC1. The number of benzene rings is 3. The zero-order chi connectivity index (χ0) is 24.6. The zero-order valence-electron chi connectivity index (χ0n) is 18.6. The fourth-order valence-electron chi connectivity index (χ4n) is 4.44. The van der Waals surface area contributed by atoms with E-state index in [-0.39, 0.29) is 16.4 Å². The number of carbonyl (C=O) groups is 1. The number of fused-ring (bicyclic) bond motifs is 1. The van der Waals surface area contributed by atoms with E-state index < -0.39 is 15.6 Å². The number of likely N-dealkylation sites (tertiary alicyclic amines) is 1. The molecule has 1 amide bonds. The molecule has 1 saturated heterocycles. The molecule has 0 atom stereocenters. The van der Waals surface area contributed by atoms with E-state index in [0.717, 1.165) is 0 Å². The smallest absolute Gasteiger partial charge is 0.265 e. The van der Waals surface area contributed by atoms with Gasteiger partial charge in [-0.15, -0.1) is 0 Å². The Morgan fingerprint density at radius 2 is 1.69 bits per heavy atom. The fraction of sp³-hybridized carbons (Fsp3) is 0.192.